The second kappa shape index (κ2) is 7.06. The number of likely N-dealkylation sites (tertiary alicyclic amines) is 1. The summed E-state index contributed by atoms with van der Waals surface area (Å²) in [5.74, 6) is 0.382. The molecule has 1 aliphatic heterocycles. The molecule has 1 unspecified atom stereocenters. The molecule has 1 fully saturated rings. The van der Waals surface area contributed by atoms with E-state index in [2.05, 4.69) is 15.1 Å². The van der Waals surface area contributed by atoms with Crippen molar-refractivity contribution in [1.29, 1.82) is 0 Å². The molecule has 2 aromatic heterocycles. The van der Waals surface area contributed by atoms with Gasteiger partial charge in [0.1, 0.15) is 11.7 Å². The van der Waals surface area contributed by atoms with Crippen LogP contribution in [0.25, 0.3) is 11.5 Å². The second-order valence-corrected chi connectivity index (χ2v) is 6.45. The predicted octanol–water partition coefficient (Wildman–Crippen LogP) is 4.01. The molecule has 0 radical (unpaired) electrons. The summed E-state index contributed by atoms with van der Waals surface area (Å²) < 4.78 is 44.2. The van der Waals surface area contributed by atoms with E-state index >= 15 is 0 Å². The Labute approximate surface area is 158 Å². The fourth-order valence-electron chi connectivity index (χ4n) is 3.20. The lowest BCUT2D eigenvalue weighted by Gasteiger charge is -2.22. The van der Waals surface area contributed by atoms with Crippen molar-refractivity contribution >= 4 is 5.91 Å². The van der Waals surface area contributed by atoms with Crippen molar-refractivity contribution in [1.82, 2.24) is 20.0 Å². The van der Waals surface area contributed by atoms with Gasteiger partial charge in [0.25, 0.3) is 0 Å². The summed E-state index contributed by atoms with van der Waals surface area (Å²) in [6.07, 6.45) is -2.11. The topological polar surface area (TPSA) is 72.1 Å². The maximum atomic E-state index is 12.9. The second-order valence-electron chi connectivity index (χ2n) is 6.45. The van der Waals surface area contributed by atoms with Crippen molar-refractivity contribution in [3.8, 4) is 11.5 Å². The smallest absolute Gasteiger partial charge is 0.337 e. The third-order valence-corrected chi connectivity index (χ3v) is 4.56. The normalized spacial score (nSPS) is 17.3. The van der Waals surface area contributed by atoms with Crippen molar-refractivity contribution < 1.29 is 22.5 Å². The van der Waals surface area contributed by atoms with E-state index in [9.17, 15) is 18.0 Å². The molecule has 28 heavy (non-hydrogen) atoms. The number of aromatic nitrogens is 3. The Morgan fingerprint density at radius 1 is 1.18 bits per heavy atom. The number of benzene rings is 1. The first-order valence-electron chi connectivity index (χ1n) is 8.62. The van der Waals surface area contributed by atoms with Crippen LogP contribution in [0.15, 0.2) is 53.2 Å². The first kappa shape index (κ1) is 18.1. The number of alkyl halides is 3. The van der Waals surface area contributed by atoms with Gasteiger partial charge in [-0.15, -0.1) is 0 Å². The zero-order chi connectivity index (χ0) is 19.7. The van der Waals surface area contributed by atoms with Crippen LogP contribution in [0.3, 0.4) is 0 Å². The third-order valence-electron chi connectivity index (χ3n) is 4.56. The van der Waals surface area contributed by atoms with Crippen LogP contribution in [0.5, 0.6) is 0 Å². The zero-order valence-corrected chi connectivity index (χ0v) is 14.6. The number of hydrogen-bond acceptors (Lipinski definition) is 5. The van der Waals surface area contributed by atoms with Gasteiger partial charge < -0.3 is 9.42 Å². The average molecular weight is 388 g/mol. The molecule has 3 heterocycles. The number of amides is 1. The van der Waals surface area contributed by atoms with E-state index in [-0.39, 0.29) is 24.8 Å². The molecule has 1 amide bonds. The van der Waals surface area contributed by atoms with Crippen LogP contribution >= 0.6 is 0 Å². The molecule has 1 saturated heterocycles. The average Bonchev–Trinajstić information content (AvgIpc) is 3.30. The summed E-state index contributed by atoms with van der Waals surface area (Å²) in [7, 11) is 0. The van der Waals surface area contributed by atoms with Gasteiger partial charge in [-0.05, 0) is 36.2 Å². The molecular formula is C19H15F3N4O2. The standard InChI is InChI=1S/C19H15F3N4O2/c20-19(21,22)13-5-3-4-12(10-13)11-26-15(7-8-16(26)27)18-24-17(25-28-18)14-6-1-2-9-23-14/h1-6,9-10,15H,7-8,11H2. The van der Waals surface area contributed by atoms with Crippen molar-refractivity contribution in [2.45, 2.75) is 31.6 Å². The Bertz CT molecular complexity index is 988. The van der Waals surface area contributed by atoms with E-state index in [4.69, 9.17) is 4.52 Å². The van der Waals surface area contributed by atoms with Gasteiger partial charge in [0.05, 0.1) is 5.56 Å². The van der Waals surface area contributed by atoms with Crippen molar-refractivity contribution in [2.24, 2.45) is 0 Å². The zero-order valence-electron chi connectivity index (χ0n) is 14.6. The van der Waals surface area contributed by atoms with Gasteiger partial charge in [0.2, 0.25) is 17.6 Å². The van der Waals surface area contributed by atoms with Crippen LogP contribution in [0.2, 0.25) is 0 Å². The highest BCUT2D eigenvalue weighted by Gasteiger charge is 2.37. The minimum Gasteiger partial charge on any atom is -0.337 e. The van der Waals surface area contributed by atoms with Gasteiger partial charge >= 0.3 is 6.18 Å². The highest BCUT2D eigenvalue weighted by molar-refractivity contribution is 5.78. The molecule has 4 rings (SSSR count). The Kier molecular flexibility index (Phi) is 4.58. The molecule has 3 aromatic rings. The maximum absolute atomic E-state index is 12.9. The van der Waals surface area contributed by atoms with Gasteiger partial charge in [-0.2, -0.15) is 18.2 Å². The van der Waals surface area contributed by atoms with Crippen LogP contribution < -0.4 is 0 Å². The molecule has 0 bridgehead atoms. The van der Waals surface area contributed by atoms with Crippen LogP contribution in [0.4, 0.5) is 13.2 Å². The Morgan fingerprint density at radius 3 is 2.79 bits per heavy atom. The molecule has 1 aromatic carbocycles. The molecule has 9 heteroatoms. The molecule has 0 N–H and O–H groups in total. The summed E-state index contributed by atoms with van der Waals surface area (Å²) >= 11 is 0. The quantitative estimate of drug-likeness (QED) is 0.675. The monoisotopic (exact) mass is 388 g/mol. The SMILES string of the molecule is O=C1CCC(c2nc(-c3ccccn3)no2)N1Cc1cccc(C(F)(F)F)c1. The lowest BCUT2D eigenvalue weighted by molar-refractivity contribution is -0.137. The molecule has 1 atom stereocenters. The predicted molar refractivity (Wildman–Crippen MR) is 91.5 cm³/mol. The molecular weight excluding hydrogens is 373 g/mol. The molecule has 0 saturated carbocycles. The molecule has 144 valence electrons. The highest BCUT2D eigenvalue weighted by atomic mass is 19.4. The number of carbonyl (C=O) groups excluding carboxylic acids is 1. The molecule has 1 aliphatic rings. The van der Waals surface area contributed by atoms with E-state index in [0.29, 0.717) is 23.5 Å². The van der Waals surface area contributed by atoms with Crippen molar-refractivity contribution in [3.05, 3.63) is 65.7 Å². The van der Waals surface area contributed by atoms with Crippen LogP contribution in [0, 0.1) is 0 Å². The van der Waals surface area contributed by atoms with E-state index in [1.165, 1.54) is 11.0 Å². The fraction of sp³-hybridized carbons (Fsp3) is 0.263. The Balaban J connectivity index is 1.58. The number of nitrogens with zero attached hydrogens (tertiary/aromatic N) is 4. The van der Waals surface area contributed by atoms with Gasteiger partial charge in [-0.3, -0.25) is 9.78 Å². The Hall–Kier alpha value is -3.23. The third kappa shape index (κ3) is 3.60. The minimum atomic E-state index is -4.44. The van der Waals surface area contributed by atoms with Gasteiger partial charge in [0.15, 0.2) is 0 Å². The van der Waals surface area contributed by atoms with Crippen LogP contribution in [0.1, 0.15) is 35.9 Å². The number of halogens is 3. The lowest BCUT2D eigenvalue weighted by Crippen LogP contribution is -2.27. The summed E-state index contributed by atoms with van der Waals surface area (Å²) in [5.41, 5.74) is 0.175. The summed E-state index contributed by atoms with van der Waals surface area (Å²) in [5, 5.41) is 3.91. The number of hydrogen-bond donors (Lipinski definition) is 0. The van der Waals surface area contributed by atoms with E-state index in [1.807, 2.05) is 0 Å². The van der Waals surface area contributed by atoms with Crippen molar-refractivity contribution in [3.63, 3.8) is 0 Å². The lowest BCUT2D eigenvalue weighted by atomic mass is 10.1. The van der Waals surface area contributed by atoms with Gasteiger partial charge in [-0.25, -0.2) is 0 Å². The summed E-state index contributed by atoms with van der Waals surface area (Å²) in [6.45, 7) is 0.0364. The number of pyridine rings is 1. The molecule has 0 aliphatic carbocycles. The number of carbonyl (C=O) groups is 1. The van der Waals surface area contributed by atoms with Crippen molar-refractivity contribution in [2.75, 3.05) is 0 Å². The number of rotatable bonds is 4. The molecule has 0 spiro atoms. The Morgan fingerprint density at radius 2 is 2.04 bits per heavy atom. The fourth-order valence-corrected chi connectivity index (χ4v) is 3.20. The summed E-state index contributed by atoms with van der Waals surface area (Å²) in [4.78, 5) is 22.3. The largest absolute Gasteiger partial charge is 0.416 e. The van der Waals surface area contributed by atoms with E-state index in [0.717, 1.165) is 12.1 Å². The first-order valence-corrected chi connectivity index (χ1v) is 8.62. The van der Waals surface area contributed by atoms with Crippen LogP contribution in [-0.2, 0) is 17.5 Å². The van der Waals surface area contributed by atoms with E-state index < -0.39 is 17.8 Å². The summed E-state index contributed by atoms with van der Waals surface area (Å²) in [6, 6.07) is 9.75. The van der Waals surface area contributed by atoms with Gasteiger partial charge in [0, 0.05) is 19.2 Å². The van der Waals surface area contributed by atoms with Crippen LogP contribution in [-0.4, -0.2) is 25.9 Å². The molecule has 6 nitrogen and oxygen atoms in total. The van der Waals surface area contributed by atoms with E-state index in [1.54, 1.807) is 30.5 Å². The highest BCUT2D eigenvalue weighted by Crippen LogP contribution is 2.35. The minimum absolute atomic E-state index is 0.0364. The van der Waals surface area contributed by atoms with Gasteiger partial charge in [-0.1, -0.05) is 23.4 Å². The maximum Gasteiger partial charge on any atom is 0.416 e. The first-order chi connectivity index (χ1) is 13.4.